The van der Waals surface area contributed by atoms with Crippen LogP contribution in [0.4, 0.5) is 11.9 Å². The van der Waals surface area contributed by atoms with Gasteiger partial charge in [0.1, 0.15) is 0 Å². The third kappa shape index (κ3) is 2.33. The lowest BCUT2D eigenvalue weighted by molar-refractivity contribution is 0.282. The fourth-order valence-electron chi connectivity index (χ4n) is 1.73. The van der Waals surface area contributed by atoms with Crippen molar-refractivity contribution in [2.45, 2.75) is 25.3 Å². The average molecular weight is 244 g/mol. The Kier molecular flexibility index (Phi) is 3.40. The topological polar surface area (TPSA) is 88.2 Å². The molecule has 0 aromatic carbocycles. The summed E-state index contributed by atoms with van der Waals surface area (Å²) >= 11 is 5.73. The van der Waals surface area contributed by atoms with E-state index in [0.717, 1.165) is 12.8 Å². The Labute approximate surface area is 98.5 Å². The molecule has 7 heteroatoms. The fourth-order valence-corrected chi connectivity index (χ4v) is 1.90. The van der Waals surface area contributed by atoms with Crippen molar-refractivity contribution in [1.29, 1.82) is 0 Å². The number of aromatic nitrogens is 3. The zero-order valence-corrected chi connectivity index (χ0v) is 9.56. The second-order valence-electron chi connectivity index (χ2n) is 3.76. The van der Waals surface area contributed by atoms with E-state index >= 15 is 0 Å². The third-order valence-corrected chi connectivity index (χ3v) is 2.90. The number of aliphatic hydroxyl groups is 1. The number of rotatable bonds is 4. The molecule has 2 rings (SSSR count). The molecule has 1 saturated carbocycles. The molecular weight excluding hydrogens is 230 g/mol. The summed E-state index contributed by atoms with van der Waals surface area (Å²) in [6, 6.07) is 0.380. The van der Waals surface area contributed by atoms with E-state index in [9.17, 15) is 0 Å². The molecule has 0 spiro atoms. The zero-order chi connectivity index (χ0) is 11.5. The van der Waals surface area contributed by atoms with Crippen LogP contribution >= 0.6 is 11.6 Å². The fraction of sp³-hybridized carbons (Fsp3) is 0.667. The summed E-state index contributed by atoms with van der Waals surface area (Å²) in [5.41, 5.74) is 5.52. The molecular formula is C9H14ClN5O. The first-order valence-corrected chi connectivity index (χ1v) is 5.63. The quantitative estimate of drug-likeness (QED) is 0.799. The number of nitrogens with two attached hydrogens (primary N) is 1. The summed E-state index contributed by atoms with van der Waals surface area (Å²) in [5, 5.41) is 9.12. The first kappa shape index (κ1) is 11.3. The summed E-state index contributed by atoms with van der Waals surface area (Å²) < 4.78 is 0. The van der Waals surface area contributed by atoms with Gasteiger partial charge in [-0.2, -0.15) is 15.0 Å². The minimum Gasteiger partial charge on any atom is -0.395 e. The highest BCUT2D eigenvalue weighted by Gasteiger charge is 2.27. The average Bonchev–Trinajstić information content (AvgIpc) is 2.12. The van der Waals surface area contributed by atoms with Gasteiger partial charge in [-0.1, -0.05) is 0 Å². The summed E-state index contributed by atoms with van der Waals surface area (Å²) in [4.78, 5) is 13.7. The molecule has 0 aliphatic heterocycles. The molecule has 1 aliphatic carbocycles. The van der Waals surface area contributed by atoms with Crippen molar-refractivity contribution in [3.05, 3.63) is 5.28 Å². The summed E-state index contributed by atoms with van der Waals surface area (Å²) in [7, 11) is 0. The normalized spacial score (nSPS) is 15.9. The molecule has 0 radical (unpaired) electrons. The van der Waals surface area contributed by atoms with Crippen LogP contribution in [0, 0.1) is 0 Å². The van der Waals surface area contributed by atoms with Crippen molar-refractivity contribution in [1.82, 2.24) is 15.0 Å². The van der Waals surface area contributed by atoms with E-state index in [-0.39, 0.29) is 17.8 Å². The maximum atomic E-state index is 9.03. The van der Waals surface area contributed by atoms with Crippen LogP contribution in [0.25, 0.3) is 0 Å². The van der Waals surface area contributed by atoms with Gasteiger partial charge < -0.3 is 15.7 Å². The molecule has 3 N–H and O–H groups in total. The zero-order valence-electron chi connectivity index (χ0n) is 8.80. The molecule has 88 valence electrons. The maximum Gasteiger partial charge on any atom is 0.231 e. The van der Waals surface area contributed by atoms with Crippen LogP contribution in [0.5, 0.6) is 0 Å². The van der Waals surface area contributed by atoms with Gasteiger partial charge in [0.15, 0.2) is 0 Å². The first-order chi connectivity index (χ1) is 7.70. The van der Waals surface area contributed by atoms with E-state index in [1.54, 1.807) is 0 Å². The highest BCUT2D eigenvalue weighted by Crippen LogP contribution is 2.27. The van der Waals surface area contributed by atoms with Crippen LogP contribution in [0.3, 0.4) is 0 Å². The predicted octanol–water partition coefficient (Wildman–Crippen LogP) is 0.458. The van der Waals surface area contributed by atoms with E-state index in [0.29, 0.717) is 18.5 Å². The van der Waals surface area contributed by atoms with Crippen LogP contribution in [0.2, 0.25) is 5.28 Å². The third-order valence-electron chi connectivity index (χ3n) is 2.73. The minimum atomic E-state index is 0.0553. The highest BCUT2D eigenvalue weighted by molar-refractivity contribution is 6.28. The first-order valence-electron chi connectivity index (χ1n) is 5.25. The Morgan fingerprint density at radius 1 is 1.38 bits per heavy atom. The van der Waals surface area contributed by atoms with Gasteiger partial charge in [-0.05, 0) is 30.9 Å². The lowest BCUT2D eigenvalue weighted by atomic mass is 9.92. The number of halogens is 1. The Bertz CT molecular complexity index is 351. The minimum absolute atomic E-state index is 0.0553. The van der Waals surface area contributed by atoms with Crippen molar-refractivity contribution in [3.8, 4) is 0 Å². The van der Waals surface area contributed by atoms with Crippen molar-refractivity contribution in [2.24, 2.45) is 0 Å². The molecule has 1 aromatic heterocycles. The SMILES string of the molecule is Nc1nc(Cl)nc(N(CCO)C2CCC2)n1. The van der Waals surface area contributed by atoms with E-state index in [4.69, 9.17) is 22.4 Å². The monoisotopic (exact) mass is 243 g/mol. The number of nitrogen functional groups attached to an aromatic ring is 1. The molecule has 0 bridgehead atoms. The molecule has 6 nitrogen and oxygen atoms in total. The molecule has 1 fully saturated rings. The van der Waals surface area contributed by atoms with E-state index < -0.39 is 0 Å². The largest absolute Gasteiger partial charge is 0.395 e. The molecule has 0 unspecified atom stereocenters. The van der Waals surface area contributed by atoms with E-state index in [1.165, 1.54) is 6.42 Å². The smallest absolute Gasteiger partial charge is 0.231 e. The summed E-state index contributed by atoms with van der Waals surface area (Å²) in [6.45, 7) is 0.546. The number of aliphatic hydroxyl groups excluding tert-OH is 1. The molecule has 16 heavy (non-hydrogen) atoms. The lowest BCUT2D eigenvalue weighted by Crippen LogP contribution is -2.43. The molecule has 1 heterocycles. The molecule has 1 aliphatic rings. The lowest BCUT2D eigenvalue weighted by Gasteiger charge is -2.37. The van der Waals surface area contributed by atoms with Crippen LogP contribution in [0.1, 0.15) is 19.3 Å². The summed E-state index contributed by atoms with van der Waals surface area (Å²) in [6.07, 6.45) is 3.37. The van der Waals surface area contributed by atoms with Gasteiger partial charge in [0, 0.05) is 12.6 Å². The number of hydrogen-bond donors (Lipinski definition) is 2. The number of nitrogens with zero attached hydrogens (tertiary/aromatic N) is 4. The standard InChI is InChI=1S/C9H14ClN5O/c10-7-12-8(11)14-9(13-7)15(4-5-16)6-2-1-3-6/h6,16H,1-5H2,(H2,11,12,13,14). The van der Waals surface area contributed by atoms with Crippen LogP contribution < -0.4 is 10.6 Å². The van der Waals surface area contributed by atoms with Gasteiger partial charge in [0.05, 0.1) is 6.61 Å². The van der Waals surface area contributed by atoms with Crippen molar-refractivity contribution < 1.29 is 5.11 Å². The van der Waals surface area contributed by atoms with Crippen LogP contribution in [-0.4, -0.2) is 39.3 Å². The Hall–Kier alpha value is -1.14. The Balaban J connectivity index is 2.22. The van der Waals surface area contributed by atoms with Gasteiger partial charge in [-0.15, -0.1) is 0 Å². The van der Waals surface area contributed by atoms with Gasteiger partial charge in [0.25, 0.3) is 0 Å². The van der Waals surface area contributed by atoms with Crippen LogP contribution in [-0.2, 0) is 0 Å². The van der Waals surface area contributed by atoms with Crippen molar-refractivity contribution in [3.63, 3.8) is 0 Å². The Morgan fingerprint density at radius 3 is 2.62 bits per heavy atom. The van der Waals surface area contributed by atoms with Crippen molar-refractivity contribution >= 4 is 23.5 Å². The molecule has 0 saturated heterocycles. The van der Waals surface area contributed by atoms with Crippen molar-refractivity contribution in [2.75, 3.05) is 23.8 Å². The van der Waals surface area contributed by atoms with Gasteiger partial charge >= 0.3 is 0 Å². The maximum absolute atomic E-state index is 9.03. The van der Waals surface area contributed by atoms with E-state index in [1.807, 2.05) is 4.90 Å². The second kappa shape index (κ2) is 4.80. The molecule has 0 amide bonds. The Morgan fingerprint density at radius 2 is 2.12 bits per heavy atom. The van der Waals surface area contributed by atoms with Gasteiger partial charge in [-0.25, -0.2) is 0 Å². The number of anilines is 2. The number of hydrogen-bond acceptors (Lipinski definition) is 6. The van der Waals surface area contributed by atoms with E-state index in [2.05, 4.69) is 15.0 Å². The highest BCUT2D eigenvalue weighted by atomic mass is 35.5. The van der Waals surface area contributed by atoms with Gasteiger partial charge in [-0.3, -0.25) is 0 Å². The molecule has 1 aromatic rings. The molecule has 0 atom stereocenters. The second-order valence-corrected chi connectivity index (χ2v) is 4.10. The predicted molar refractivity (Wildman–Crippen MR) is 61.3 cm³/mol. The summed E-state index contributed by atoms with van der Waals surface area (Å²) in [5.74, 6) is 0.563. The van der Waals surface area contributed by atoms with Gasteiger partial charge in [0.2, 0.25) is 17.2 Å². The van der Waals surface area contributed by atoms with Crippen LogP contribution in [0.15, 0.2) is 0 Å².